The van der Waals surface area contributed by atoms with Crippen LogP contribution in [0.3, 0.4) is 0 Å². The van der Waals surface area contributed by atoms with Crippen LogP contribution in [0.15, 0.2) is 24.3 Å². The number of amides is 1. The second-order valence-electron chi connectivity index (χ2n) is 8.09. The van der Waals surface area contributed by atoms with Crippen LogP contribution in [0.1, 0.15) is 39.5 Å². The molecule has 31 heavy (non-hydrogen) atoms. The van der Waals surface area contributed by atoms with Gasteiger partial charge in [-0.1, -0.05) is 38.2 Å². The molecule has 2 heterocycles. The standard InChI is InChI=1S/C23H35NO7/c1-16-8-5-11-21(25)24-13-7-10-18(24)23(27)31-15-20(29-4)17(2)9-6-12-22(26)30-14-19(16)28-3/h5-6,8-9,16-20H,7,10-15H2,1-4H3/b8-5-,9-6-/t16-,17+,18+,19-,20+/m0/s1. The minimum Gasteiger partial charge on any atom is -0.463 e. The molecular weight excluding hydrogens is 402 g/mol. The quantitative estimate of drug-likeness (QED) is 0.483. The number of methoxy groups -OCH3 is 2. The second-order valence-corrected chi connectivity index (χ2v) is 8.09. The van der Waals surface area contributed by atoms with Crippen molar-refractivity contribution < 1.29 is 33.3 Å². The van der Waals surface area contributed by atoms with E-state index in [2.05, 4.69) is 0 Å². The van der Waals surface area contributed by atoms with Crippen LogP contribution in [-0.4, -0.2) is 75.0 Å². The molecule has 1 saturated heterocycles. The van der Waals surface area contributed by atoms with Gasteiger partial charge in [0.1, 0.15) is 19.3 Å². The lowest BCUT2D eigenvalue weighted by Crippen LogP contribution is -2.42. The van der Waals surface area contributed by atoms with Crippen LogP contribution in [0.4, 0.5) is 0 Å². The van der Waals surface area contributed by atoms with E-state index < -0.39 is 12.0 Å². The summed E-state index contributed by atoms with van der Waals surface area (Å²) in [4.78, 5) is 39.0. The number of ether oxygens (including phenoxy) is 4. The van der Waals surface area contributed by atoms with Crippen molar-refractivity contribution in [3.8, 4) is 0 Å². The molecule has 2 aliphatic heterocycles. The first-order chi connectivity index (χ1) is 14.9. The van der Waals surface area contributed by atoms with Crippen LogP contribution in [0.25, 0.3) is 0 Å². The third-order valence-electron chi connectivity index (χ3n) is 5.88. The zero-order valence-corrected chi connectivity index (χ0v) is 19.0. The molecule has 0 unspecified atom stereocenters. The van der Waals surface area contributed by atoms with Crippen LogP contribution in [-0.2, 0) is 33.3 Å². The topological polar surface area (TPSA) is 91.4 Å². The summed E-state index contributed by atoms with van der Waals surface area (Å²) in [5, 5.41) is 0. The Hall–Kier alpha value is -2.19. The van der Waals surface area contributed by atoms with Crippen molar-refractivity contribution in [2.24, 2.45) is 11.8 Å². The monoisotopic (exact) mass is 437 g/mol. The number of fused-ring (bicyclic) bond motifs is 1. The zero-order chi connectivity index (χ0) is 22.8. The van der Waals surface area contributed by atoms with Gasteiger partial charge in [0.2, 0.25) is 5.91 Å². The summed E-state index contributed by atoms with van der Waals surface area (Å²) >= 11 is 0. The largest absolute Gasteiger partial charge is 0.463 e. The van der Waals surface area contributed by atoms with Gasteiger partial charge in [-0.2, -0.15) is 0 Å². The maximum atomic E-state index is 12.7. The van der Waals surface area contributed by atoms with Gasteiger partial charge in [-0.15, -0.1) is 0 Å². The molecule has 0 bridgehead atoms. The number of carbonyl (C=O) groups excluding carboxylic acids is 3. The molecule has 0 aromatic heterocycles. The predicted octanol–water partition coefficient (Wildman–Crippen LogP) is 2.27. The average Bonchev–Trinajstić information content (AvgIpc) is 3.24. The van der Waals surface area contributed by atoms with Crippen LogP contribution < -0.4 is 0 Å². The average molecular weight is 438 g/mol. The number of nitrogens with zero attached hydrogens (tertiary/aromatic N) is 1. The molecule has 0 spiro atoms. The highest BCUT2D eigenvalue weighted by atomic mass is 16.6. The van der Waals surface area contributed by atoms with Crippen LogP contribution in [0.5, 0.6) is 0 Å². The van der Waals surface area contributed by atoms with E-state index in [-0.39, 0.29) is 62.0 Å². The number of esters is 2. The molecule has 0 N–H and O–H groups in total. The highest BCUT2D eigenvalue weighted by molar-refractivity contribution is 5.85. The van der Waals surface area contributed by atoms with E-state index in [1.165, 1.54) is 0 Å². The third-order valence-corrected chi connectivity index (χ3v) is 5.88. The Kier molecular flexibility index (Phi) is 10.2. The molecule has 1 amide bonds. The lowest BCUT2D eigenvalue weighted by molar-refractivity contribution is -0.156. The normalized spacial score (nSPS) is 34.0. The molecule has 2 aliphatic rings. The van der Waals surface area contributed by atoms with E-state index in [0.29, 0.717) is 13.0 Å². The Morgan fingerprint density at radius 1 is 0.903 bits per heavy atom. The zero-order valence-electron chi connectivity index (χ0n) is 19.0. The van der Waals surface area contributed by atoms with Crippen molar-refractivity contribution in [1.82, 2.24) is 4.90 Å². The van der Waals surface area contributed by atoms with E-state index in [1.807, 2.05) is 26.0 Å². The maximum absolute atomic E-state index is 12.7. The van der Waals surface area contributed by atoms with Gasteiger partial charge in [0.25, 0.3) is 0 Å². The van der Waals surface area contributed by atoms with Gasteiger partial charge >= 0.3 is 11.9 Å². The SMILES string of the molecule is CO[C@H]1COC(=O)C/C=C\[C@@H](C)[C@H](OC)COC(=O)[C@H]2CCCN2C(=O)C/C=C\[C@@H]1C. The first kappa shape index (κ1) is 25.1. The van der Waals surface area contributed by atoms with Crippen molar-refractivity contribution in [3.63, 3.8) is 0 Å². The van der Waals surface area contributed by atoms with Crippen LogP contribution in [0, 0.1) is 11.8 Å². The van der Waals surface area contributed by atoms with Crippen molar-refractivity contribution in [3.05, 3.63) is 24.3 Å². The highest BCUT2D eigenvalue weighted by Gasteiger charge is 2.35. The molecule has 0 aliphatic carbocycles. The van der Waals surface area contributed by atoms with Crippen molar-refractivity contribution in [2.45, 2.75) is 57.8 Å². The number of cyclic esters (lactones) is 2. The van der Waals surface area contributed by atoms with Gasteiger partial charge in [-0.3, -0.25) is 9.59 Å². The summed E-state index contributed by atoms with van der Waals surface area (Å²) in [6.45, 7) is 4.62. The fourth-order valence-electron chi connectivity index (χ4n) is 3.80. The number of rotatable bonds is 2. The van der Waals surface area contributed by atoms with E-state index in [4.69, 9.17) is 18.9 Å². The van der Waals surface area contributed by atoms with Gasteiger partial charge < -0.3 is 23.8 Å². The third kappa shape index (κ3) is 7.47. The molecule has 0 aromatic carbocycles. The Bertz CT molecular complexity index is 675. The molecule has 0 radical (unpaired) electrons. The fraction of sp³-hybridized carbons (Fsp3) is 0.696. The number of carbonyl (C=O) groups is 3. The molecular formula is C23H35NO7. The summed E-state index contributed by atoms with van der Waals surface area (Å²) in [6.07, 6.45) is 8.26. The summed E-state index contributed by atoms with van der Waals surface area (Å²) in [7, 11) is 3.12. The van der Waals surface area contributed by atoms with E-state index in [9.17, 15) is 14.4 Å². The van der Waals surface area contributed by atoms with Crippen molar-refractivity contribution >= 4 is 17.8 Å². The summed E-state index contributed by atoms with van der Waals surface area (Å²) in [5.74, 6) is -0.992. The van der Waals surface area contributed by atoms with Crippen LogP contribution in [0.2, 0.25) is 0 Å². The molecule has 8 heteroatoms. The highest BCUT2D eigenvalue weighted by Crippen LogP contribution is 2.21. The van der Waals surface area contributed by atoms with E-state index >= 15 is 0 Å². The number of hydrogen-bond donors (Lipinski definition) is 0. The van der Waals surface area contributed by atoms with Gasteiger partial charge in [0.05, 0.1) is 18.6 Å². The van der Waals surface area contributed by atoms with E-state index in [0.717, 1.165) is 6.42 Å². The summed E-state index contributed by atoms with van der Waals surface area (Å²) in [6, 6.07) is -0.554. The Morgan fingerprint density at radius 2 is 1.48 bits per heavy atom. The summed E-state index contributed by atoms with van der Waals surface area (Å²) < 4.78 is 21.7. The maximum Gasteiger partial charge on any atom is 0.328 e. The molecule has 2 rings (SSSR count). The molecule has 5 atom stereocenters. The minimum atomic E-state index is -0.554. The molecule has 0 saturated carbocycles. The number of hydrogen-bond acceptors (Lipinski definition) is 7. The first-order valence-corrected chi connectivity index (χ1v) is 10.9. The lowest BCUT2D eigenvalue weighted by atomic mass is 10.0. The smallest absolute Gasteiger partial charge is 0.328 e. The Morgan fingerprint density at radius 3 is 2.10 bits per heavy atom. The lowest BCUT2D eigenvalue weighted by Gasteiger charge is -2.25. The molecule has 1 fully saturated rings. The van der Waals surface area contributed by atoms with Gasteiger partial charge in [-0.05, 0) is 12.8 Å². The van der Waals surface area contributed by atoms with Gasteiger partial charge in [0, 0.05) is 39.0 Å². The van der Waals surface area contributed by atoms with E-state index in [1.54, 1.807) is 31.3 Å². The van der Waals surface area contributed by atoms with Gasteiger partial charge in [0.15, 0.2) is 0 Å². The Balaban J connectivity index is 2.16. The van der Waals surface area contributed by atoms with Crippen molar-refractivity contribution in [2.75, 3.05) is 34.0 Å². The van der Waals surface area contributed by atoms with Crippen molar-refractivity contribution in [1.29, 1.82) is 0 Å². The molecule has 174 valence electrons. The second kappa shape index (κ2) is 12.6. The Labute approximate surface area is 184 Å². The minimum absolute atomic E-state index is 0.0509. The fourth-order valence-corrected chi connectivity index (χ4v) is 3.80. The van der Waals surface area contributed by atoms with Gasteiger partial charge in [-0.25, -0.2) is 4.79 Å². The molecule has 8 nitrogen and oxygen atoms in total. The summed E-state index contributed by atoms with van der Waals surface area (Å²) in [5.41, 5.74) is 0. The predicted molar refractivity (Wildman–Crippen MR) is 114 cm³/mol. The van der Waals surface area contributed by atoms with Crippen LogP contribution >= 0.6 is 0 Å². The molecule has 0 aromatic rings. The first-order valence-electron chi connectivity index (χ1n) is 10.9.